The van der Waals surface area contributed by atoms with E-state index in [1.807, 2.05) is 12.1 Å². The second kappa shape index (κ2) is 4.80. The summed E-state index contributed by atoms with van der Waals surface area (Å²) in [6.07, 6.45) is 0. The molecule has 2 aromatic rings. The Labute approximate surface area is 103 Å². The highest BCUT2D eigenvalue weighted by Gasteiger charge is 2.09. The third-order valence-corrected chi connectivity index (χ3v) is 3.07. The van der Waals surface area contributed by atoms with E-state index in [1.165, 1.54) is 11.2 Å². The van der Waals surface area contributed by atoms with E-state index in [0.29, 0.717) is 6.04 Å². The normalized spacial score (nSPS) is 11.5. The van der Waals surface area contributed by atoms with Gasteiger partial charge in [0.2, 0.25) is 0 Å². The van der Waals surface area contributed by atoms with Crippen LogP contribution in [0.2, 0.25) is 0 Å². The second-order valence-corrected chi connectivity index (χ2v) is 4.70. The Bertz CT molecular complexity index is 511. The van der Waals surface area contributed by atoms with Gasteiger partial charge in [0.15, 0.2) is 0 Å². The summed E-state index contributed by atoms with van der Waals surface area (Å²) in [4.78, 5) is 0. The molecule has 0 saturated heterocycles. The van der Waals surface area contributed by atoms with Gasteiger partial charge in [0, 0.05) is 35.9 Å². The van der Waals surface area contributed by atoms with Crippen LogP contribution in [0.15, 0.2) is 24.3 Å². The zero-order chi connectivity index (χ0) is 12.4. The molecule has 1 heterocycles. The van der Waals surface area contributed by atoms with Gasteiger partial charge in [-0.25, -0.2) is 0 Å². The molecule has 0 saturated carbocycles. The zero-order valence-corrected chi connectivity index (χ0v) is 10.8. The molecule has 0 aliphatic heterocycles. The summed E-state index contributed by atoms with van der Waals surface area (Å²) < 4.78 is 2.32. The summed E-state index contributed by atoms with van der Waals surface area (Å²) in [6, 6.07) is 8.80. The molecule has 92 valence electrons. The number of nitrogen functional groups attached to an aromatic ring is 1. The Morgan fingerprint density at radius 3 is 2.76 bits per heavy atom. The lowest BCUT2D eigenvalue weighted by molar-refractivity contribution is 0.564. The molecule has 0 spiro atoms. The van der Waals surface area contributed by atoms with Gasteiger partial charge in [0.25, 0.3) is 0 Å². The summed E-state index contributed by atoms with van der Waals surface area (Å²) in [5.74, 6) is 0. The lowest BCUT2D eigenvalue weighted by Crippen LogP contribution is -2.23. The fourth-order valence-corrected chi connectivity index (χ4v) is 2.19. The van der Waals surface area contributed by atoms with Crippen LogP contribution < -0.4 is 11.1 Å². The van der Waals surface area contributed by atoms with Gasteiger partial charge >= 0.3 is 0 Å². The quantitative estimate of drug-likeness (QED) is 0.795. The van der Waals surface area contributed by atoms with Crippen LogP contribution in [-0.4, -0.2) is 10.6 Å². The number of nitrogens with zero attached hydrogens (tertiary/aromatic N) is 1. The first kappa shape index (κ1) is 12.0. The van der Waals surface area contributed by atoms with Crippen molar-refractivity contribution in [1.82, 2.24) is 9.88 Å². The first-order valence-corrected chi connectivity index (χ1v) is 6.23. The molecular weight excluding hydrogens is 210 g/mol. The van der Waals surface area contributed by atoms with E-state index < -0.39 is 0 Å². The molecular formula is C14H21N3. The number of nitrogens with two attached hydrogens (primary N) is 1. The van der Waals surface area contributed by atoms with Crippen LogP contribution in [0.25, 0.3) is 10.9 Å². The van der Waals surface area contributed by atoms with Crippen molar-refractivity contribution in [2.75, 3.05) is 5.73 Å². The van der Waals surface area contributed by atoms with Crippen LogP contribution in [0.3, 0.4) is 0 Å². The molecule has 2 rings (SSSR count). The highest BCUT2D eigenvalue weighted by Crippen LogP contribution is 2.25. The first-order chi connectivity index (χ1) is 8.13. The standard InChI is InChI=1S/C14H21N3/c1-4-17-11(9-16-10(2)3)8-12-13(15)6-5-7-14(12)17/h5-8,10,16H,4,9,15H2,1-3H3. The number of nitrogens with one attached hydrogen (secondary N) is 1. The number of aryl methyl sites for hydroxylation is 1. The van der Waals surface area contributed by atoms with E-state index in [1.54, 1.807) is 0 Å². The van der Waals surface area contributed by atoms with Crippen LogP contribution in [0.5, 0.6) is 0 Å². The van der Waals surface area contributed by atoms with Crippen LogP contribution in [0, 0.1) is 0 Å². The summed E-state index contributed by atoms with van der Waals surface area (Å²) in [7, 11) is 0. The lowest BCUT2D eigenvalue weighted by atomic mass is 10.2. The van der Waals surface area contributed by atoms with Crippen molar-refractivity contribution in [3.63, 3.8) is 0 Å². The first-order valence-electron chi connectivity index (χ1n) is 6.23. The molecule has 3 heteroatoms. The number of hydrogen-bond donors (Lipinski definition) is 2. The van der Waals surface area contributed by atoms with Crippen molar-refractivity contribution in [3.05, 3.63) is 30.0 Å². The molecule has 0 radical (unpaired) electrons. The number of benzene rings is 1. The third kappa shape index (κ3) is 2.29. The van der Waals surface area contributed by atoms with Gasteiger partial charge < -0.3 is 15.6 Å². The van der Waals surface area contributed by atoms with Crippen molar-refractivity contribution in [3.8, 4) is 0 Å². The van der Waals surface area contributed by atoms with Crippen LogP contribution in [-0.2, 0) is 13.1 Å². The van der Waals surface area contributed by atoms with E-state index in [9.17, 15) is 0 Å². The van der Waals surface area contributed by atoms with Crippen LogP contribution in [0.4, 0.5) is 5.69 Å². The topological polar surface area (TPSA) is 43.0 Å². The van der Waals surface area contributed by atoms with E-state index >= 15 is 0 Å². The number of fused-ring (bicyclic) bond motifs is 1. The van der Waals surface area contributed by atoms with Gasteiger partial charge in [-0.15, -0.1) is 0 Å². The Hall–Kier alpha value is -1.48. The number of anilines is 1. The van der Waals surface area contributed by atoms with Crippen molar-refractivity contribution in [1.29, 1.82) is 0 Å². The molecule has 0 unspecified atom stereocenters. The molecule has 17 heavy (non-hydrogen) atoms. The molecule has 0 aliphatic rings. The van der Waals surface area contributed by atoms with Gasteiger partial charge in [-0.1, -0.05) is 19.9 Å². The minimum absolute atomic E-state index is 0.496. The Morgan fingerprint density at radius 1 is 1.35 bits per heavy atom. The average Bonchev–Trinajstić information content (AvgIpc) is 2.65. The maximum atomic E-state index is 6.02. The summed E-state index contributed by atoms with van der Waals surface area (Å²) in [6.45, 7) is 8.35. The fourth-order valence-electron chi connectivity index (χ4n) is 2.19. The molecule has 1 aromatic carbocycles. The van der Waals surface area contributed by atoms with Crippen LogP contribution in [0.1, 0.15) is 26.5 Å². The van der Waals surface area contributed by atoms with Crippen molar-refractivity contribution in [2.24, 2.45) is 0 Å². The zero-order valence-electron chi connectivity index (χ0n) is 10.8. The molecule has 0 bridgehead atoms. The van der Waals surface area contributed by atoms with Gasteiger partial charge in [-0.2, -0.15) is 0 Å². The summed E-state index contributed by atoms with van der Waals surface area (Å²) in [5, 5.41) is 4.62. The Morgan fingerprint density at radius 2 is 2.12 bits per heavy atom. The van der Waals surface area contributed by atoms with Gasteiger partial charge in [-0.3, -0.25) is 0 Å². The van der Waals surface area contributed by atoms with Crippen molar-refractivity contribution >= 4 is 16.6 Å². The van der Waals surface area contributed by atoms with E-state index in [4.69, 9.17) is 5.73 Å². The van der Waals surface area contributed by atoms with Gasteiger partial charge in [0.05, 0.1) is 5.52 Å². The smallest absolute Gasteiger partial charge is 0.0503 e. The molecule has 0 fully saturated rings. The largest absolute Gasteiger partial charge is 0.398 e. The average molecular weight is 231 g/mol. The Kier molecular flexibility index (Phi) is 3.38. The maximum Gasteiger partial charge on any atom is 0.0503 e. The third-order valence-electron chi connectivity index (χ3n) is 3.07. The molecule has 1 aromatic heterocycles. The maximum absolute atomic E-state index is 6.02. The second-order valence-electron chi connectivity index (χ2n) is 4.70. The molecule has 0 atom stereocenters. The summed E-state index contributed by atoms with van der Waals surface area (Å²) in [5.41, 5.74) is 9.41. The SMILES string of the molecule is CCn1c(CNC(C)C)cc2c(N)cccc21. The molecule has 3 N–H and O–H groups in total. The van der Waals surface area contributed by atoms with Crippen molar-refractivity contribution < 1.29 is 0 Å². The number of hydrogen-bond acceptors (Lipinski definition) is 2. The highest BCUT2D eigenvalue weighted by molar-refractivity contribution is 5.92. The van der Waals surface area contributed by atoms with Crippen LogP contribution >= 0.6 is 0 Å². The molecule has 0 amide bonds. The fraction of sp³-hybridized carbons (Fsp3) is 0.429. The summed E-state index contributed by atoms with van der Waals surface area (Å²) >= 11 is 0. The minimum Gasteiger partial charge on any atom is -0.398 e. The lowest BCUT2D eigenvalue weighted by Gasteiger charge is -2.11. The predicted octanol–water partition coefficient (Wildman–Crippen LogP) is 2.74. The molecule has 0 aliphatic carbocycles. The van der Waals surface area contributed by atoms with Gasteiger partial charge in [0.1, 0.15) is 0 Å². The molecule has 3 nitrogen and oxygen atoms in total. The van der Waals surface area contributed by atoms with E-state index in [0.717, 1.165) is 24.2 Å². The van der Waals surface area contributed by atoms with Gasteiger partial charge in [-0.05, 0) is 25.1 Å². The van der Waals surface area contributed by atoms with E-state index in [-0.39, 0.29) is 0 Å². The highest BCUT2D eigenvalue weighted by atomic mass is 15.0. The predicted molar refractivity (Wildman–Crippen MR) is 74.0 cm³/mol. The monoisotopic (exact) mass is 231 g/mol. The number of aromatic nitrogens is 1. The van der Waals surface area contributed by atoms with E-state index in [2.05, 4.69) is 42.8 Å². The number of rotatable bonds is 4. The van der Waals surface area contributed by atoms with Crippen molar-refractivity contribution in [2.45, 2.75) is 39.9 Å². The minimum atomic E-state index is 0.496. The Balaban J connectivity index is 2.44.